The van der Waals surface area contributed by atoms with E-state index in [0.717, 1.165) is 18.4 Å². The molecule has 108 valence electrons. The molecule has 0 amide bonds. The molecular weight excluding hydrogens is 310 g/mol. The summed E-state index contributed by atoms with van der Waals surface area (Å²) in [7, 11) is 0. The zero-order valence-electron chi connectivity index (χ0n) is 11.2. The molecule has 6 heteroatoms. The molecule has 21 heavy (non-hydrogen) atoms. The van der Waals surface area contributed by atoms with Gasteiger partial charge in [-0.25, -0.2) is 0 Å². The lowest BCUT2D eigenvalue weighted by atomic mass is 9.96. The second-order valence-corrected chi connectivity index (χ2v) is 6.16. The largest absolute Gasteiger partial charge is 0.459 e. The first-order chi connectivity index (χ1) is 10.2. The summed E-state index contributed by atoms with van der Waals surface area (Å²) in [6.45, 7) is 0. The maximum atomic E-state index is 12.7. The lowest BCUT2D eigenvalue weighted by Gasteiger charge is -2.06. The molecule has 0 atom stereocenters. The number of carbonyl (C=O) groups is 1. The Hall–Kier alpha value is -1.59. The molecule has 1 aromatic heterocycles. The van der Waals surface area contributed by atoms with Crippen LogP contribution >= 0.6 is 11.6 Å². The predicted molar refractivity (Wildman–Crippen MR) is 80.0 cm³/mol. The molecule has 0 saturated heterocycles. The summed E-state index contributed by atoms with van der Waals surface area (Å²) in [4.78, 5) is 12.7. The first-order valence-corrected chi connectivity index (χ1v) is 8.02. The summed E-state index contributed by atoms with van der Waals surface area (Å²) in [5, 5.41) is 4.32. The molecule has 1 aliphatic carbocycles. The van der Waals surface area contributed by atoms with E-state index in [4.69, 9.17) is 16.1 Å². The molecule has 0 unspecified atom stereocenters. The molecule has 2 aromatic rings. The summed E-state index contributed by atoms with van der Waals surface area (Å²) < 4.78 is 15.8. The summed E-state index contributed by atoms with van der Waals surface area (Å²) >= 11 is 6.49. The highest BCUT2D eigenvalue weighted by Gasteiger charge is 2.33. The lowest BCUT2D eigenvalue weighted by Crippen LogP contribution is -2.08. The molecule has 1 heterocycles. The van der Waals surface area contributed by atoms with Crippen molar-refractivity contribution >= 4 is 29.1 Å². The molecule has 0 N–H and O–H groups in total. The number of benzene rings is 1. The average Bonchev–Trinajstić information content (AvgIpc) is 3.21. The van der Waals surface area contributed by atoms with E-state index in [9.17, 15) is 9.00 Å². The van der Waals surface area contributed by atoms with E-state index in [1.54, 1.807) is 18.2 Å². The molecule has 0 radical (unpaired) electrons. The van der Waals surface area contributed by atoms with Crippen LogP contribution in [0.1, 0.15) is 46.0 Å². The Balaban J connectivity index is 1.96. The van der Waals surface area contributed by atoms with Gasteiger partial charge in [-0.15, -0.1) is 0 Å². The van der Waals surface area contributed by atoms with Crippen LogP contribution in [0.3, 0.4) is 0 Å². The minimum Gasteiger partial charge on any atom is -0.360 e. The summed E-state index contributed by atoms with van der Waals surface area (Å²) in [5.74, 6) is 1.29. The minimum atomic E-state index is -0.110. The van der Waals surface area contributed by atoms with Crippen LogP contribution in [0.15, 0.2) is 28.9 Å². The van der Waals surface area contributed by atoms with Gasteiger partial charge in [0.25, 0.3) is 0 Å². The van der Waals surface area contributed by atoms with E-state index >= 15 is 0 Å². The molecule has 1 aromatic carbocycles. The van der Waals surface area contributed by atoms with Crippen LogP contribution < -0.4 is 0 Å². The summed E-state index contributed by atoms with van der Waals surface area (Å²) in [6, 6.07) is 5.14. The third-order valence-electron chi connectivity index (χ3n) is 3.56. The van der Waals surface area contributed by atoms with Crippen LogP contribution in [0.4, 0.5) is 0 Å². The molecule has 4 nitrogen and oxygen atoms in total. The fraction of sp³-hybridized carbons (Fsp3) is 0.333. The van der Waals surface area contributed by atoms with Crippen LogP contribution in [-0.2, 0) is 22.3 Å². The molecule has 3 rings (SSSR count). The van der Waals surface area contributed by atoms with Crippen molar-refractivity contribution < 1.29 is 13.5 Å². The predicted octanol–water partition coefficient (Wildman–Crippen LogP) is 3.41. The zero-order chi connectivity index (χ0) is 14.8. The number of carbonyl (C=O) groups excluding carboxylic acids is 1. The second-order valence-electron chi connectivity index (χ2n) is 5.08. The third kappa shape index (κ3) is 3.04. The summed E-state index contributed by atoms with van der Waals surface area (Å²) in [5.41, 5.74) is 1.88. The van der Waals surface area contributed by atoms with Gasteiger partial charge in [-0.3, -0.25) is 4.79 Å². The smallest absolute Gasteiger partial charge is 0.360 e. The highest BCUT2D eigenvalue weighted by atomic mass is 35.5. The van der Waals surface area contributed by atoms with Gasteiger partial charge in [0, 0.05) is 27.1 Å². The molecule has 1 saturated carbocycles. The number of aromatic nitrogens is 1. The maximum absolute atomic E-state index is 12.7. The Morgan fingerprint density at radius 2 is 2.19 bits per heavy atom. The van der Waals surface area contributed by atoms with Gasteiger partial charge in [-0.05, 0) is 36.6 Å². The van der Waals surface area contributed by atoms with Gasteiger partial charge < -0.3 is 4.52 Å². The van der Waals surface area contributed by atoms with Gasteiger partial charge in [0.2, 0.25) is 5.75 Å². The number of ketones is 1. The molecule has 0 spiro atoms. The van der Waals surface area contributed by atoms with E-state index in [-0.39, 0.29) is 5.78 Å². The van der Waals surface area contributed by atoms with E-state index in [1.807, 2.05) is 0 Å². The third-order valence-corrected chi connectivity index (χ3v) is 4.16. The van der Waals surface area contributed by atoms with Gasteiger partial charge in [0.05, 0.1) is 11.8 Å². The zero-order valence-corrected chi connectivity index (χ0v) is 12.7. The van der Waals surface area contributed by atoms with Gasteiger partial charge in [0.15, 0.2) is 11.5 Å². The van der Waals surface area contributed by atoms with Crippen LogP contribution in [-0.4, -0.2) is 16.7 Å². The average molecular weight is 323 g/mol. The number of aryl methyl sites for hydroxylation is 1. The normalized spacial score (nSPS) is 14.1. The van der Waals surface area contributed by atoms with Crippen LogP contribution in [0.25, 0.3) is 0 Å². The Kier molecular flexibility index (Phi) is 4.12. The fourth-order valence-electron chi connectivity index (χ4n) is 2.35. The van der Waals surface area contributed by atoms with Crippen LogP contribution in [0.2, 0.25) is 5.02 Å². The Bertz CT molecular complexity index is 694. The Labute approximate surface area is 131 Å². The van der Waals surface area contributed by atoms with E-state index in [1.165, 1.54) is 6.20 Å². The van der Waals surface area contributed by atoms with Crippen LogP contribution in [0.5, 0.6) is 0 Å². The van der Waals surface area contributed by atoms with Crippen molar-refractivity contribution in [2.24, 2.45) is 0 Å². The SMILES string of the molecule is O=[S+]CCc1cc(Cl)ccc1C(=O)c1cnoc1C1CC1. The minimum absolute atomic E-state index is 0.110. The molecular formula is C15H13ClNO3S+. The maximum Gasteiger partial charge on any atom is 0.459 e. The number of hydrogen-bond acceptors (Lipinski definition) is 4. The molecule has 1 aliphatic rings. The highest BCUT2D eigenvalue weighted by Crippen LogP contribution is 2.42. The van der Waals surface area contributed by atoms with E-state index < -0.39 is 0 Å². The highest BCUT2D eigenvalue weighted by molar-refractivity contribution is 7.65. The Morgan fingerprint density at radius 1 is 1.38 bits per heavy atom. The van der Waals surface area contributed by atoms with E-state index in [0.29, 0.717) is 51.7 Å². The van der Waals surface area contributed by atoms with Crippen molar-refractivity contribution in [3.8, 4) is 0 Å². The van der Waals surface area contributed by atoms with E-state index in [2.05, 4.69) is 5.16 Å². The quantitative estimate of drug-likeness (QED) is 0.604. The van der Waals surface area contributed by atoms with Crippen molar-refractivity contribution in [1.29, 1.82) is 0 Å². The van der Waals surface area contributed by atoms with Crippen molar-refractivity contribution in [3.63, 3.8) is 0 Å². The molecule has 0 bridgehead atoms. The van der Waals surface area contributed by atoms with Crippen LogP contribution in [0, 0.1) is 0 Å². The molecule has 1 fully saturated rings. The number of halogens is 1. The lowest BCUT2D eigenvalue weighted by molar-refractivity contribution is 0.103. The fourth-order valence-corrected chi connectivity index (χ4v) is 2.84. The Morgan fingerprint density at radius 3 is 2.90 bits per heavy atom. The van der Waals surface area contributed by atoms with Crippen molar-refractivity contribution in [1.82, 2.24) is 5.16 Å². The second kappa shape index (κ2) is 6.03. The van der Waals surface area contributed by atoms with Crippen molar-refractivity contribution in [2.75, 3.05) is 5.75 Å². The standard InChI is InChI=1S/C15H13ClNO3S/c16-11-3-4-12(10(7-11)5-6-21-19)14(18)13-8-17-20-15(13)9-1-2-9/h3-4,7-9H,1-2,5-6H2/q+1. The van der Waals surface area contributed by atoms with Gasteiger partial charge in [0.1, 0.15) is 0 Å². The monoisotopic (exact) mass is 322 g/mol. The number of rotatable bonds is 6. The van der Waals surface area contributed by atoms with Crippen molar-refractivity contribution in [2.45, 2.75) is 25.2 Å². The van der Waals surface area contributed by atoms with Gasteiger partial charge in [-0.1, -0.05) is 16.8 Å². The van der Waals surface area contributed by atoms with Gasteiger partial charge in [-0.2, -0.15) is 0 Å². The summed E-state index contributed by atoms with van der Waals surface area (Å²) in [6.07, 6.45) is 4.07. The first kappa shape index (κ1) is 14.4. The van der Waals surface area contributed by atoms with Crippen molar-refractivity contribution in [3.05, 3.63) is 51.9 Å². The topological polar surface area (TPSA) is 60.2 Å². The number of hydrogen-bond donors (Lipinski definition) is 0. The van der Waals surface area contributed by atoms with Gasteiger partial charge >= 0.3 is 11.7 Å². The molecule has 0 aliphatic heterocycles. The first-order valence-electron chi connectivity index (χ1n) is 6.73. The number of nitrogens with zero attached hydrogens (tertiary/aromatic N) is 1.